The fourth-order valence-corrected chi connectivity index (χ4v) is 2.84. The van der Waals surface area contributed by atoms with Gasteiger partial charge in [0.2, 0.25) is 5.91 Å². The molecule has 0 bridgehead atoms. The van der Waals surface area contributed by atoms with Crippen LogP contribution in [0.2, 0.25) is 0 Å². The molecule has 1 aromatic carbocycles. The summed E-state index contributed by atoms with van der Waals surface area (Å²) in [4.78, 5) is 25.2. The van der Waals surface area contributed by atoms with Gasteiger partial charge in [-0.15, -0.1) is 0 Å². The van der Waals surface area contributed by atoms with Gasteiger partial charge in [0.1, 0.15) is 0 Å². The molecule has 0 unspecified atom stereocenters. The predicted molar refractivity (Wildman–Crippen MR) is 85.0 cm³/mol. The SMILES string of the molecule is CN1CCCCC[C@H]1C(=O)NCCc1ccc(C(=O)O)cc1. The number of hydrogen-bond acceptors (Lipinski definition) is 3. The molecule has 0 radical (unpaired) electrons. The third-order valence-electron chi connectivity index (χ3n) is 4.24. The van der Waals surface area contributed by atoms with Crippen molar-refractivity contribution in [3.63, 3.8) is 0 Å². The van der Waals surface area contributed by atoms with E-state index in [2.05, 4.69) is 10.2 Å². The summed E-state index contributed by atoms with van der Waals surface area (Å²) in [5.41, 5.74) is 1.31. The Hall–Kier alpha value is -1.88. The van der Waals surface area contributed by atoms with Gasteiger partial charge >= 0.3 is 5.97 Å². The zero-order chi connectivity index (χ0) is 15.9. The van der Waals surface area contributed by atoms with E-state index in [9.17, 15) is 9.59 Å². The van der Waals surface area contributed by atoms with Crippen LogP contribution in [0.5, 0.6) is 0 Å². The minimum absolute atomic E-state index is 0.0168. The minimum atomic E-state index is -0.920. The van der Waals surface area contributed by atoms with Crippen LogP contribution in [0.1, 0.15) is 41.6 Å². The molecule has 0 spiro atoms. The molecule has 5 heteroatoms. The number of carbonyl (C=O) groups excluding carboxylic acids is 1. The van der Waals surface area contributed by atoms with E-state index < -0.39 is 5.97 Å². The van der Waals surface area contributed by atoms with E-state index in [1.165, 1.54) is 6.42 Å². The summed E-state index contributed by atoms with van der Waals surface area (Å²) in [6, 6.07) is 6.77. The quantitative estimate of drug-likeness (QED) is 0.872. The Bertz CT molecular complexity index is 513. The van der Waals surface area contributed by atoms with Gasteiger partial charge in [0.05, 0.1) is 11.6 Å². The first kappa shape index (κ1) is 16.5. The van der Waals surface area contributed by atoms with Crippen molar-refractivity contribution in [2.45, 2.75) is 38.1 Å². The van der Waals surface area contributed by atoms with Gasteiger partial charge in [-0.2, -0.15) is 0 Å². The number of amides is 1. The van der Waals surface area contributed by atoms with Crippen molar-refractivity contribution in [3.05, 3.63) is 35.4 Å². The highest BCUT2D eigenvalue weighted by Crippen LogP contribution is 2.15. The van der Waals surface area contributed by atoms with Gasteiger partial charge in [-0.05, 0) is 50.6 Å². The second-order valence-electron chi connectivity index (χ2n) is 5.89. The number of carboxylic acid groups (broad SMARTS) is 1. The normalized spacial score (nSPS) is 19.4. The molecule has 22 heavy (non-hydrogen) atoms. The number of hydrogen-bond donors (Lipinski definition) is 2. The molecule has 2 N–H and O–H groups in total. The Morgan fingerprint density at radius 1 is 1.23 bits per heavy atom. The fourth-order valence-electron chi connectivity index (χ4n) is 2.84. The van der Waals surface area contributed by atoms with Crippen molar-refractivity contribution in [3.8, 4) is 0 Å². The largest absolute Gasteiger partial charge is 0.478 e. The molecule has 2 rings (SSSR count). The van der Waals surface area contributed by atoms with Crippen molar-refractivity contribution < 1.29 is 14.7 Å². The number of likely N-dealkylation sites (tertiary alicyclic amines) is 1. The monoisotopic (exact) mass is 304 g/mol. The molecule has 1 atom stereocenters. The average Bonchev–Trinajstić information content (AvgIpc) is 2.72. The van der Waals surface area contributed by atoms with Gasteiger partial charge in [-0.3, -0.25) is 9.69 Å². The van der Waals surface area contributed by atoms with E-state index in [-0.39, 0.29) is 17.5 Å². The van der Waals surface area contributed by atoms with Gasteiger partial charge in [-0.1, -0.05) is 25.0 Å². The number of nitrogens with one attached hydrogen (secondary N) is 1. The lowest BCUT2D eigenvalue weighted by atomic mass is 10.1. The molecule has 1 amide bonds. The summed E-state index contributed by atoms with van der Waals surface area (Å²) in [5, 5.41) is 11.9. The predicted octanol–water partition coefficient (Wildman–Crippen LogP) is 1.92. The standard InChI is InChI=1S/C17H24N2O3/c1-19-12-4-2-3-5-15(19)16(20)18-11-10-13-6-8-14(9-7-13)17(21)22/h6-9,15H,2-5,10-12H2,1H3,(H,18,20)(H,21,22)/t15-/m0/s1. The minimum Gasteiger partial charge on any atom is -0.478 e. The number of nitrogens with zero attached hydrogens (tertiary/aromatic N) is 1. The molecular weight excluding hydrogens is 280 g/mol. The average molecular weight is 304 g/mol. The molecule has 1 saturated heterocycles. The Morgan fingerprint density at radius 2 is 1.95 bits per heavy atom. The molecular formula is C17H24N2O3. The summed E-state index contributed by atoms with van der Waals surface area (Å²) < 4.78 is 0. The summed E-state index contributed by atoms with van der Waals surface area (Å²) in [5.74, 6) is -0.817. The smallest absolute Gasteiger partial charge is 0.335 e. The number of carbonyl (C=O) groups is 2. The van der Waals surface area contributed by atoms with Crippen LogP contribution in [0.15, 0.2) is 24.3 Å². The van der Waals surface area contributed by atoms with E-state index in [0.29, 0.717) is 13.0 Å². The first-order chi connectivity index (χ1) is 10.6. The summed E-state index contributed by atoms with van der Waals surface area (Å²) in [7, 11) is 2.01. The maximum atomic E-state index is 12.3. The molecule has 0 aromatic heterocycles. The van der Waals surface area contributed by atoms with Crippen LogP contribution in [0.4, 0.5) is 0 Å². The Kier molecular flexibility index (Phi) is 5.95. The Morgan fingerprint density at radius 3 is 2.64 bits per heavy atom. The van der Waals surface area contributed by atoms with E-state index in [0.717, 1.165) is 31.4 Å². The lowest BCUT2D eigenvalue weighted by Gasteiger charge is -2.24. The molecule has 1 aliphatic rings. The molecule has 0 saturated carbocycles. The summed E-state index contributed by atoms with van der Waals surface area (Å²) >= 11 is 0. The highest BCUT2D eigenvalue weighted by molar-refractivity contribution is 5.87. The van der Waals surface area contributed by atoms with E-state index in [4.69, 9.17) is 5.11 Å². The molecule has 1 fully saturated rings. The van der Waals surface area contributed by atoms with Gasteiger partial charge in [0.15, 0.2) is 0 Å². The van der Waals surface area contributed by atoms with E-state index >= 15 is 0 Å². The van der Waals surface area contributed by atoms with Crippen LogP contribution in [-0.4, -0.2) is 48.1 Å². The van der Waals surface area contributed by atoms with Gasteiger partial charge in [0.25, 0.3) is 0 Å². The fraction of sp³-hybridized carbons (Fsp3) is 0.529. The van der Waals surface area contributed by atoms with Crippen LogP contribution in [0.25, 0.3) is 0 Å². The van der Waals surface area contributed by atoms with Crippen LogP contribution in [-0.2, 0) is 11.2 Å². The van der Waals surface area contributed by atoms with Crippen molar-refractivity contribution in [2.24, 2.45) is 0 Å². The van der Waals surface area contributed by atoms with E-state index in [1.54, 1.807) is 24.3 Å². The molecule has 1 aromatic rings. The van der Waals surface area contributed by atoms with Crippen molar-refractivity contribution in [1.29, 1.82) is 0 Å². The first-order valence-corrected chi connectivity index (χ1v) is 7.88. The second-order valence-corrected chi connectivity index (χ2v) is 5.89. The van der Waals surface area contributed by atoms with Crippen LogP contribution < -0.4 is 5.32 Å². The molecule has 120 valence electrons. The zero-order valence-electron chi connectivity index (χ0n) is 13.0. The molecule has 0 aliphatic carbocycles. The third-order valence-corrected chi connectivity index (χ3v) is 4.24. The van der Waals surface area contributed by atoms with E-state index in [1.807, 2.05) is 7.05 Å². The van der Waals surface area contributed by atoms with Crippen LogP contribution >= 0.6 is 0 Å². The highest BCUT2D eigenvalue weighted by atomic mass is 16.4. The number of rotatable bonds is 5. The summed E-state index contributed by atoms with van der Waals surface area (Å²) in [6.45, 7) is 1.56. The number of benzene rings is 1. The number of aromatic carboxylic acids is 1. The zero-order valence-corrected chi connectivity index (χ0v) is 13.0. The van der Waals surface area contributed by atoms with Crippen molar-refractivity contribution in [1.82, 2.24) is 10.2 Å². The summed E-state index contributed by atoms with van der Waals surface area (Å²) in [6.07, 6.45) is 5.11. The van der Waals surface area contributed by atoms with Gasteiger partial charge in [0, 0.05) is 6.54 Å². The Labute approximate surface area is 131 Å². The van der Waals surface area contributed by atoms with Crippen molar-refractivity contribution in [2.75, 3.05) is 20.1 Å². The molecule has 5 nitrogen and oxygen atoms in total. The van der Waals surface area contributed by atoms with Crippen molar-refractivity contribution >= 4 is 11.9 Å². The highest BCUT2D eigenvalue weighted by Gasteiger charge is 2.24. The second kappa shape index (κ2) is 7.94. The Balaban J connectivity index is 1.79. The van der Waals surface area contributed by atoms with Crippen LogP contribution in [0, 0.1) is 0 Å². The van der Waals surface area contributed by atoms with Gasteiger partial charge in [-0.25, -0.2) is 4.79 Å². The first-order valence-electron chi connectivity index (χ1n) is 7.88. The third kappa shape index (κ3) is 4.56. The molecule has 1 heterocycles. The topological polar surface area (TPSA) is 69.6 Å². The molecule has 1 aliphatic heterocycles. The maximum Gasteiger partial charge on any atom is 0.335 e. The van der Waals surface area contributed by atoms with Gasteiger partial charge < -0.3 is 10.4 Å². The number of likely N-dealkylation sites (N-methyl/N-ethyl adjacent to an activating group) is 1. The lowest BCUT2D eigenvalue weighted by Crippen LogP contribution is -2.45. The van der Waals surface area contributed by atoms with Crippen LogP contribution in [0.3, 0.4) is 0 Å². The lowest BCUT2D eigenvalue weighted by molar-refractivity contribution is -0.126. The number of carboxylic acids is 1. The maximum absolute atomic E-state index is 12.3.